The van der Waals surface area contributed by atoms with E-state index in [1.54, 1.807) is 0 Å². The number of amides is 1. The van der Waals surface area contributed by atoms with Gasteiger partial charge in [0.15, 0.2) is 0 Å². The van der Waals surface area contributed by atoms with Crippen LogP contribution in [0.2, 0.25) is 0 Å². The van der Waals surface area contributed by atoms with Gasteiger partial charge in [0.25, 0.3) is 5.91 Å². The number of hydrogen-bond acceptors (Lipinski definition) is 4. The fourth-order valence-electron chi connectivity index (χ4n) is 2.79. The number of fused-ring (bicyclic) bond motifs is 1. The van der Waals surface area contributed by atoms with Crippen LogP contribution in [0.1, 0.15) is 22.5 Å². The van der Waals surface area contributed by atoms with E-state index in [-0.39, 0.29) is 11.9 Å². The van der Waals surface area contributed by atoms with E-state index in [1.165, 1.54) is 11.3 Å². The van der Waals surface area contributed by atoms with E-state index in [1.807, 2.05) is 18.2 Å². The number of piperidine rings is 1. The van der Waals surface area contributed by atoms with E-state index < -0.39 is 0 Å². The fourth-order valence-corrected chi connectivity index (χ4v) is 4.16. The molecule has 3 N–H and O–H groups in total. The molecule has 1 fully saturated rings. The van der Waals surface area contributed by atoms with Gasteiger partial charge in [-0.05, 0) is 44.6 Å². The number of benzene rings is 1. The van der Waals surface area contributed by atoms with E-state index >= 15 is 0 Å². The van der Waals surface area contributed by atoms with Gasteiger partial charge in [0.2, 0.25) is 0 Å². The summed E-state index contributed by atoms with van der Waals surface area (Å²) in [5, 5.41) is 4.06. The number of nitrogens with one attached hydrogen (secondary N) is 1. The van der Waals surface area contributed by atoms with Gasteiger partial charge in [-0.15, -0.1) is 11.3 Å². The Morgan fingerprint density at radius 3 is 3.10 bits per heavy atom. The predicted octanol–water partition coefficient (Wildman–Crippen LogP) is 3.07. The Morgan fingerprint density at radius 2 is 2.33 bits per heavy atom. The van der Waals surface area contributed by atoms with E-state index in [4.69, 9.17) is 5.73 Å². The summed E-state index contributed by atoms with van der Waals surface area (Å²) in [6.45, 7) is 2.01. The maximum Gasteiger partial charge on any atom is 0.263 e. The molecule has 3 rings (SSSR count). The van der Waals surface area contributed by atoms with Crippen LogP contribution in [-0.4, -0.2) is 37.0 Å². The Morgan fingerprint density at radius 1 is 1.52 bits per heavy atom. The normalized spacial score (nSPS) is 19.8. The SMILES string of the molecule is CN1CCCC(NC(=O)c2sc3ccc(Br)cc3c2N)C1. The summed E-state index contributed by atoms with van der Waals surface area (Å²) >= 11 is 4.90. The molecule has 0 aliphatic carbocycles. The highest BCUT2D eigenvalue weighted by Gasteiger charge is 2.22. The molecule has 1 atom stereocenters. The van der Waals surface area contributed by atoms with E-state index in [2.05, 4.69) is 33.2 Å². The standard InChI is InChI=1S/C15H18BrN3OS/c1-19-6-2-3-10(8-19)18-15(20)14-13(17)11-7-9(16)4-5-12(11)21-14/h4-5,7,10H,2-3,6,8,17H2,1H3,(H,18,20). The van der Waals surface area contributed by atoms with Crippen LogP contribution >= 0.6 is 27.3 Å². The highest BCUT2D eigenvalue weighted by atomic mass is 79.9. The number of anilines is 1. The maximum absolute atomic E-state index is 12.5. The number of halogens is 1. The maximum atomic E-state index is 12.5. The molecular weight excluding hydrogens is 350 g/mol. The molecule has 4 nitrogen and oxygen atoms in total. The second-order valence-corrected chi connectivity index (χ2v) is 7.53. The second-order valence-electron chi connectivity index (χ2n) is 5.56. The van der Waals surface area contributed by atoms with Crippen molar-refractivity contribution in [3.8, 4) is 0 Å². The molecule has 1 aromatic heterocycles. The number of rotatable bonds is 2. The summed E-state index contributed by atoms with van der Waals surface area (Å²) in [5.74, 6) is -0.0508. The molecule has 2 aromatic rings. The fraction of sp³-hybridized carbons (Fsp3) is 0.400. The molecule has 2 heterocycles. The third kappa shape index (κ3) is 3.07. The molecule has 0 radical (unpaired) electrons. The number of hydrogen-bond donors (Lipinski definition) is 2. The van der Waals surface area contributed by atoms with E-state index in [0.717, 1.165) is 40.5 Å². The average Bonchev–Trinajstić information content (AvgIpc) is 2.76. The molecule has 1 saturated heterocycles. The van der Waals surface area contributed by atoms with Crippen molar-refractivity contribution in [2.24, 2.45) is 0 Å². The van der Waals surface area contributed by atoms with Gasteiger partial charge >= 0.3 is 0 Å². The number of thiophene rings is 1. The summed E-state index contributed by atoms with van der Waals surface area (Å²) in [7, 11) is 2.09. The predicted molar refractivity (Wildman–Crippen MR) is 91.9 cm³/mol. The van der Waals surface area contributed by atoms with Crippen molar-refractivity contribution in [2.45, 2.75) is 18.9 Å². The van der Waals surface area contributed by atoms with Crippen LogP contribution in [-0.2, 0) is 0 Å². The topological polar surface area (TPSA) is 58.4 Å². The van der Waals surface area contributed by atoms with Crippen LogP contribution in [0.5, 0.6) is 0 Å². The van der Waals surface area contributed by atoms with Crippen LogP contribution in [0.15, 0.2) is 22.7 Å². The lowest BCUT2D eigenvalue weighted by Crippen LogP contribution is -2.46. The van der Waals surface area contributed by atoms with Crippen molar-refractivity contribution in [2.75, 3.05) is 25.9 Å². The summed E-state index contributed by atoms with van der Waals surface area (Å²) < 4.78 is 2.02. The van der Waals surface area contributed by atoms with Crippen molar-refractivity contribution in [1.29, 1.82) is 0 Å². The molecule has 1 aliphatic rings. The molecule has 0 saturated carbocycles. The largest absolute Gasteiger partial charge is 0.397 e. The number of nitrogen functional groups attached to an aromatic ring is 1. The van der Waals surface area contributed by atoms with Crippen LogP contribution in [0.4, 0.5) is 5.69 Å². The van der Waals surface area contributed by atoms with Gasteiger partial charge in [0.05, 0.1) is 5.69 Å². The number of carbonyl (C=O) groups excluding carboxylic acids is 1. The number of likely N-dealkylation sites (N-methyl/N-ethyl adjacent to an activating group) is 1. The van der Waals surface area contributed by atoms with Gasteiger partial charge in [-0.1, -0.05) is 15.9 Å². The molecule has 0 spiro atoms. The van der Waals surface area contributed by atoms with Crippen LogP contribution in [0, 0.1) is 0 Å². The quantitative estimate of drug-likeness (QED) is 0.857. The Bertz CT molecular complexity index is 685. The molecular formula is C15H18BrN3OS. The summed E-state index contributed by atoms with van der Waals surface area (Å²) in [5.41, 5.74) is 6.74. The van der Waals surface area contributed by atoms with E-state index in [9.17, 15) is 4.79 Å². The lowest BCUT2D eigenvalue weighted by atomic mass is 10.1. The van der Waals surface area contributed by atoms with Crippen LogP contribution in [0.25, 0.3) is 10.1 Å². The first-order valence-electron chi connectivity index (χ1n) is 7.01. The van der Waals surface area contributed by atoms with Crippen LogP contribution < -0.4 is 11.1 Å². The molecule has 1 aliphatic heterocycles. The summed E-state index contributed by atoms with van der Waals surface area (Å²) in [4.78, 5) is 15.4. The van der Waals surface area contributed by atoms with Crippen molar-refractivity contribution in [1.82, 2.24) is 10.2 Å². The zero-order valence-electron chi connectivity index (χ0n) is 11.9. The van der Waals surface area contributed by atoms with Gasteiger partial charge < -0.3 is 16.0 Å². The molecule has 1 unspecified atom stereocenters. The van der Waals surface area contributed by atoms with Crippen molar-refractivity contribution < 1.29 is 4.79 Å². The lowest BCUT2D eigenvalue weighted by molar-refractivity contribution is 0.0917. The number of carbonyl (C=O) groups is 1. The molecule has 112 valence electrons. The first kappa shape index (κ1) is 14.8. The smallest absolute Gasteiger partial charge is 0.263 e. The Hall–Kier alpha value is -1.11. The van der Waals surface area contributed by atoms with Gasteiger partial charge in [-0.3, -0.25) is 4.79 Å². The van der Waals surface area contributed by atoms with Crippen molar-refractivity contribution in [3.63, 3.8) is 0 Å². The zero-order chi connectivity index (χ0) is 15.0. The lowest BCUT2D eigenvalue weighted by Gasteiger charge is -2.30. The van der Waals surface area contributed by atoms with Crippen molar-refractivity contribution >= 4 is 48.9 Å². The van der Waals surface area contributed by atoms with Gasteiger partial charge in [-0.2, -0.15) is 0 Å². The minimum Gasteiger partial charge on any atom is -0.397 e. The van der Waals surface area contributed by atoms with E-state index in [0.29, 0.717) is 10.6 Å². The first-order valence-corrected chi connectivity index (χ1v) is 8.62. The molecule has 21 heavy (non-hydrogen) atoms. The van der Waals surface area contributed by atoms with Crippen LogP contribution in [0.3, 0.4) is 0 Å². The third-order valence-corrected chi connectivity index (χ3v) is 5.53. The minimum atomic E-state index is -0.0508. The van der Waals surface area contributed by atoms with Crippen molar-refractivity contribution in [3.05, 3.63) is 27.5 Å². The number of likely N-dealkylation sites (tertiary alicyclic amines) is 1. The zero-order valence-corrected chi connectivity index (χ0v) is 14.3. The molecule has 0 bridgehead atoms. The van der Waals surface area contributed by atoms with Gasteiger partial charge in [0.1, 0.15) is 4.88 Å². The Kier molecular flexibility index (Phi) is 4.19. The minimum absolute atomic E-state index is 0.0508. The molecule has 1 amide bonds. The Labute approximate surface area is 136 Å². The number of nitrogens with zero attached hydrogens (tertiary/aromatic N) is 1. The summed E-state index contributed by atoms with van der Waals surface area (Å²) in [6, 6.07) is 6.14. The Balaban J connectivity index is 1.82. The highest BCUT2D eigenvalue weighted by Crippen LogP contribution is 2.35. The number of nitrogens with two attached hydrogens (primary N) is 1. The highest BCUT2D eigenvalue weighted by molar-refractivity contribution is 9.10. The second kappa shape index (κ2) is 5.94. The van der Waals surface area contributed by atoms with Gasteiger partial charge in [0, 0.05) is 27.1 Å². The monoisotopic (exact) mass is 367 g/mol. The average molecular weight is 368 g/mol. The third-order valence-electron chi connectivity index (χ3n) is 3.85. The van der Waals surface area contributed by atoms with Gasteiger partial charge in [-0.25, -0.2) is 0 Å². The first-order chi connectivity index (χ1) is 10.0. The molecule has 6 heteroatoms. The molecule has 1 aromatic carbocycles. The summed E-state index contributed by atoms with van der Waals surface area (Å²) in [6.07, 6.45) is 2.16.